The van der Waals surface area contributed by atoms with E-state index in [4.69, 9.17) is 0 Å². The van der Waals surface area contributed by atoms with Gasteiger partial charge in [0.05, 0.1) is 0 Å². The molecule has 0 aliphatic carbocycles. The summed E-state index contributed by atoms with van der Waals surface area (Å²) < 4.78 is 12.7. The fraction of sp³-hybridized carbons (Fsp3) is 0.462. The van der Waals surface area contributed by atoms with Gasteiger partial charge < -0.3 is 5.32 Å². The number of nitrogens with one attached hydrogen (secondary N) is 1. The van der Waals surface area contributed by atoms with Crippen molar-refractivity contribution in [3.8, 4) is 0 Å². The number of benzene rings is 1. The fourth-order valence-corrected chi connectivity index (χ4v) is 1.65. The fourth-order valence-electron chi connectivity index (χ4n) is 1.65. The van der Waals surface area contributed by atoms with Crippen LogP contribution in [0, 0.1) is 11.7 Å². The number of rotatable bonds is 5. The van der Waals surface area contributed by atoms with E-state index in [1.54, 1.807) is 12.1 Å². The minimum atomic E-state index is -0.241. The molecule has 0 radical (unpaired) electrons. The zero-order valence-electron chi connectivity index (χ0n) is 9.79. The van der Waals surface area contributed by atoms with E-state index in [0.29, 0.717) is 13.0 Å². The second-order valence-electron chi connectivity index (χ2n) is 3.83. The summed E-state index contributed by atoms with van der Waals surface area (Å²) in [5, 5.41) is 2.82. The Morgan fingerprint density at radius 1 is 1.31 bits per heavy atom. The molecular formula is C13H18FNO. The molecule has 16 heavy (non-hydrogen) atoms. The maximum atomic E-state index is 12.7. The Morgan fingerprint density at radius 3 is 2.44 bits per heavy atom. The van der Waals surface area contributed by atoms with Gasteiger partial charge in [-0.15, -0.1) is 0 Å². The third kappa shape index (κ3) is 3.65. The molecule has 1 N–H and O–H groups in total. The van der Waals surface area contributed by atoms with Gasteiger partial charge in [0, 0.05) is 12.5 Å². The molecule has 1 atom stereocenters. The van der Waals surface area contributed by atoms with Crippen molar-refractivity contribution in [1.82, 2.24) is 5.32 Å². The second kappa shape index (κ2) is 6.26. The van der Waals surface area contributed by atoms with Crippen molar-refractivity contribution >= 4 is 5.91 Å². The number of amides is 1. The van der Waals surface area contributed by atoms with Crippen molar-refractivity contribution in [3.63, 3.8) is 0 Å². The van der Waals surface area contributed by atoms with Gasteiger partial charge in [0.15, 0.2) is 0 Å². The predicted molar refractivity (Wildman–Crippen MR) is 62.6 cm³/mol. The van der Waals surface area contributed by atoms with Crippen LogP contribution in [0.5, 0.6) is 0 Å². The first-order valence-electron chi connectivity index (χ1n) is 5.69. The lowest BCUT2D eigenvalue weighted by molar-refractivity contribution is -0.124. The maximum Gasteiger partial charge on any atom is 0.223 e. The maximum absolute atomic E-state index is 12.7. The third-order valence-corrected chi connectivity index (χ3v) is 2.61. The monoisotopic (exact) mass is 223 g/mol. The molecule has 1 amide bonds. The van der Waals surface area contributed by atoms with Crippen LogP contribution in [0.2, 0.25) is 0 Å². The first-order valence-corrected chi connectivity index (χ1v) is 5.69. The van der Waals surface area contributed by atoms with Gasteiger partial charge in [0.25, 0.3) is 0 Å². The third-order valence-electron chi connectivity index (χ3n) is 2.61. The van der Waals surface area contributed by atoms with Crippen molar-refractivity contribution < 1.29 is 9.18 Å². The van der Waals surface area contributed by atoms with Crippen LogP contribution in [-0.4, -0.2) is 12.5 Å². The summed E-state index contributed by atoms with van der Waals surface area (Å²) in [5.74, 6) is -0.186. The summed E-state index contributed by atoms with van der Waals surface area (Å²) in [5.41, 5.74) is 1.000. The van der Waals surface area contributed by atoms with Crippen molar-refractivity contribution in [2.24, 2.45) is 5.92 Å². The van der Waals surface area contributed by atoms with Crippen LogP contribution in [0.4, 0.5) is 4.39 Å². The Hall–Kier alpha value is -1.38. The van der Waals surface area contributed by atoms with Crippen LogP contribution < -0.4 is 5.32 Å². The van der Waals surface area contributed by atoms with Crippen LogP contribution in [0.25, 0.3) is 0 Å². The van der Waals surface area contributed by atoms with Crippen LogP contribution in [0.1, 0.15) is 25.8 Å². The van der Waals surface area contributed by atoms with Gasteiger partial charge in [0.2, 0.25) is 5.91 Å². The van der Waals surface area contributed by atoms with Crippen LogP contribution in [0.15, 0.2) is 24.3 Å². The molecule has 1 rings (SSSR count). The lowest BCUT2D eigenvalue weighted by atomic mass is 9.96. The number of carbonyl (C=O) groups excluding carboxylic acids is 1. The Bertz CT molecular complexity index is 334. The van der Waals surface area contributed by atoms with E-state index in [1.165, 1.54) is 12.1 Å². The largest absolute Gasteiger partial charge is 0.356 e. The average molecular weight is 223 g/mol. The molecule has 0 spiro atoms. The van der Waals surface area contributed by atoms with E-state index in [1.807, 2.05) is 13.8 Å². The quantitative estimate of drug-likeness (QED) is 0.816. The van der Waals surface area contributed by atoms with Crippen molar-refractivity contribution in [2.75, 3.05) is 6.54 Å². The molecule has 3 heteroatoms. The molecule has 2 nitrogen and oxygen atoms in total. The number of hydrogen-bond donors (Lipinski definition) is 1. The molecule has 0 aliphatic heterocycles. The van der Waals surface area contributed by atoms with Gasteiger partial charge in [-0.05, 0) is 37.5 Å². The molecule has 0 aromatic heterocycles. The number of halogens is 1. The van der Waals surface area contributed by atoms with Crippen molar-refractivity contribution in [2.45, 2.75) is 26.7 Å². The minimum absolute atomic E-state index is 0.0228. The van der Waals surface area contributed by atoms with Gasteiger partial charge in [-0.25, -0.2) is 4.39 Å². The van der Waals surface area contributed by atoms with Gasteiger partial charge in [-0.1, -0.05) is 19.1 Å². The van der Waals surface area contributed by atoms with E-state index in [2.05, 4.69) is 5.32 Å². The highest BCUT2D eigenvalue weighted by atomic mass is 19.1. The second-order valence-corrected chi connectivity index (χ2v) is 3.83. The van der Waals surface area contributed by atoms with Crippen LogP contribution in [0.3, 0.4) is 0 Å². The zero-order chi connectivity index (χ0) is 12.0. The smallest absolute Gasteiger partial charge is 0.223 e. The molecular weight excluding hydrogens is 205 g/mol. The van der Waals surface area contributed by atoms with Gasteiger partial charge in [-0.2, -0.15) is 0 Å². The zero-order valence-corrected chi connectivity index (χ0v) is 9.79. The van der Waals surface area contributed by atoms with Crippen LogP contribution in [-0.2, 0) is 11.2 Å². The Balaban J connectivity index is 2.62. The minimum Gasteiger partial charge on any atom is -0.356 e. The number of hydrogen-bond acceptors (Lipinski definition) is 1. The van der Waals surface area contributed by atoms with E-state index in [-0.39, 0.29) is 17.6 Å². The predicted octanol–water partition coefficient (Wildman–Crippen LogP) is 2.53. The standard InChI is InChI=1S/C13H18FNO/c1-3-11(13(16)15-4-2)9-10-5-7-12(14)8-6-10/h5-8,11H,3-4,9H2,1-2H3,(H,15,16)/t11-/m1/s1. The summed E-state index contributed by atoms with van der Waals surface area (Å²) in [4.78, 5) is 11.7. The highest BCUT2D eigenvalue weighted by molar-refractivity contribution is 5.78. The number of carbonyl (C=O) groups is 1. The van der Waals surface area contributed by atoms with Crippen molar-refractivity contribution in [3.05, 3.63) is 35.6 Å². The highest BCUT2D eigenvalue weighted by Gasteiger charge is 2.15. The Labute approximate surface area is 95.9 Å². The molecule has 0 heterocycles. The average Bonchev–Trinajstić information content (AvgIpc) is 2.28. The van der Waals surface area contributed by atoms with E-state index in [9.17, 15) is 9.18 Å². The summed E-state index contributed by atoms with van der Waals surface area (Å²) in [6.07, 6.45) is 1.46. The molecule has 0 aliphatic rings. The molecule has 0 unspecified atom stereocenters. The summed E-state index contributed by atoms with van der Waals surface area (Å²) in [6, 6.07) is 6.33. The molecule has 0 saturated heterocycles. The van der Waals surface area contributed by atoms with Gasteiger partial charge >= 0.3 is 0 Å². The molecule has 88 valence electrons. The Kier molecular flexibility index (Phi) is 4.96. The molecule has 0 fully saturated rings. The summed E-state index contributed by atoms with van der Waals surface area (Å²) in [6.45, 7) is 4.55. The van der Waals surface area contributed by atoms with E-state index >= 15 is 0 Å². The topological polar surface area (TPSA) is 29.1 Å². The molecule has 1 aromatic carbocycles. The van der Waals surface area contributed by atoms with E-state index in [0.717, 1.165) is 12.0 Å². The summed E-state index contributed by atoms with van der Waals surface area (Å²) >= 11 is 0. The normalized spacial score (nSPS) is 12.2. The highest BCUT2D eigenvalue weighted by Crippen LogP contribution is 2.13. The molecule has 0 bridgehead atoms. The van der Waals surface area contributed by atoms with Crippen molar-refractivity contribution in [1.29, 1.82) is 0 Å². The molecule has 0 saturated carbocycles. The Morgan fingerprint density at radius 2 is 1.94 bits per heavy atom. The van der Waals surface area contributed by atoms with Gasteiger partial charge in [0.1, 0.15) is 5.82 Å². The van der Waals surface area contributed by atoms with Gasteiger partial charge in [-0.3, -0.25) is 4.79 Å². The lowest BCUT2D eigenvalue weighted by Crippen LogP contribution is -2.31. The first kappa shape index (κ1) is 12.7. The van der Waals surface area contributed by atoms with E-state index < -0.39 is 0 Å². The lowest BCUT2D eigenvalue weighted by Gasteiger charge is -2.14. The summed E-state index contributed by atoms with van der Waals surface area (Å²) in [7, 11) is 0. The molecule has 1 aromatic rings. The first-order chi connectivity index (χ1) is 7.67. The van der Waals surface area contributed by atoms with Crippen LogP contribution >= 0.6 is 0 Å². The SMILES string of the molecule is CCNC(=O)[C@H](CC)Cc1ccc(F)cc1.